The molecule has 4 heteroatoms. The van der Waals surface area contributed by atoms with Crippen molar-refractivity contribution in [3.8, 4) is 0 Å². The normalized spacial score (nSPS) is 11.6. The number of hydrogen-bond donors (Lipinski definition) is 0. The Balaban J connectivity index is 3.14. The number of Topliss-reactive ketones (excluding diaryl/α,β-unsaturated/α-hetero) is 1. The van der Waals surface area contributed by atoms with Gasteiger partial charge >= 0.3 is 0 Å². The highest BCUT2D eigenvalue weighted by molar-refractivity contribution is 9.10. The van der Waals surface area contributed by atoms with Crippen LogP contribution in [0.25, 0.3) is 0 Å². The second kappa shape index (κ2) is 4.62. The minimum absolute atomic E-state index is 0.103. The quantitative estimate of drug-likeness (QED) is 0.585. The zero-order valence-electron chi connectivity index (χ0n) is 9.40. The highest BCUT2D eigenvalue weighted by Crippen LogP contribution is 2.27. The summed E-state index contributed by atoms with van der Waals surface area (Å²) in [5.74, 6) is -2.15. The first-order chi connectivity index (χ1) is 7.22. The lowest BCUT2D eigenvalue weighted by molar-refractivity contribution is 0.0931. The van der Waals surface area contributed by atoms with Crippen molar-refractivity contribution in [2.24, 2.45) is 5.41 Å². The molecule has 0 N–H and O–H groups in total. The molecule has 0 saturated heterocycles. The second-order valence-electron chi connectivity index (χ2n) is 4.88. The molecule has 0 saturated carbocycles. The van der Waals surface area contributed by atoms with Crippen molar-refractivity contribution in [1.82, 2.24) is 0 Å². The molecule has 0 atom stereocenters. The van der Waals surface area contributed by atoms with Crippen LogP contribution in [0.4, 0.5) is 8.78 Å². The third kappa shape index (κ3) is 3.11. The Kier molecular flexibility index (Phi) is 3.84. The van der Waals surface area contributed by atoms with Crippen LogP contribution in [0.15, 0.2) is 16.6 Å². The first kappa shape index (κ1) is 13.3. The van der Waals surface area contributed by atoms with E-state index >= 15 is 0 Å². The van der Waals surface area contributed by atoms with Gasteiger partial charge in [0.15, 0.2) is 11.6 Å². The molecule has 0 aliphatic rings. The molecule has 1 aromatic rings. The fourth-order valence-electron chi connectivity index (χ4n) is 1.35. The summed E-state index contributed by atoms with van der Waals surface area (Å²) in [4.78, 5) is 11.8. The molecule has 16 heavy (non-hydrogen) atoms. The fraction of sp³-hybridized carbons (Fsp3) is 0.417. The van der Waals surface area contributed by atoms with Crippen molar-refractivity contribution in [3.63, 3.8) is 0 Å². The molecule has 0 radical (unpaired) electrons. The van der Waals surface area contributed by atoms with Gasteiger partial charge in [0.1, 0.15) is 5.82 Å². The molecule has 0 heterocycles. The molecule has 0 unspecified atom stereocenters. The summed E-state index contributed by atoms with van der Waals surface area (Å²) < 4.78 is 27.1. The Morgan fingerprint density at radius 3 is 2.38 bits per heavy atom. The zero-order chi connectivity index (χ0) is 12.5. The van der Waals surface area contributed by atoms with E-state index in [1.807, 2.05) is 20.8 Å². The van der Waals surface area contributed by atoms with E-state index in [-0.39, 0.29) is 16.3 Å². The van der Waals surface area contributed by atoms with Crippen LogP contribution in [0.3, 0.4) is 0 Å². The third-order valence-corrected chi connectivity index (χ3v) is 2.63. The maximum atomic E-state index is 13.6. The molecular weight excluding hydrogens is 278 g/mol. The maximum absolute atomic E-state index is 13.6. The summed E-state index contributed by atoms with van der Waals surface area (Å²) in [5, 5.41) is 0. The average molecular weight is 291 g/mol. The number of hydrogen-bond acceptors (Lipinski definition) is 1. The van der Waals surface area contributed by atoms with Crippen LogP contribution in [-0.2, 0) is 0 Å². The van der Waals surface area contributed by atoms with Crippen LogP contribution in [0, 0.1) is 17.0 Å². The van der Waals surface area contributed by atoms with Gasteiger partial charge in [0.25, 0.3) is 0 Å². The van der Waals surface area contributed by atoms with Gasteiger partial charge in [-0.05, 0) is 33.5 Å². The van der Waals surface area contributed by atoms with Gasteiger partial charge in [-0.2, -0.15) is 0 Å². The van der Waals surface area contributed by atoms with E-state index in [4.69, 9.17) is 0 Å². The van der Waals surface area contributed by atoms with Crippen molar-refractivity contribution >= 4 is 21.7 Å². The Morgan fingerprint density at radius 2 is 1.88 bits per heavy atom. The Bertz CT molecular complexity index is 422. The van der Waals surface area contributed by atoms with Gasteiger partial charge in [0, 0.05) is 6.42 Å². The lowest BCUT2D eigenvalue weighted by Gasteiger charge is -2.17. The molecule has 1 nitrogen and oxygen atoms in total. The Labute approximate surface area is 102 Å². The summed E-state index contributed by atoms with van der Waals surface area (Å²) in [5.41, 5.74) is -0.748. The SMILES string of the molecule is CC(C)(C)CC(=O)c1c(F)ccc(Br)c1F. The maximum Gasteiger partial charge on any atom is 0.169 e. The van der Waals surface area contributed by atoms with Crippen molar-refractivity contribution in [2.75, 3.05) is 0 Å². The Morgan fingerprint density at radius 1 is 1.31 bits per heavy atom. The summed E-state index contributed by atoms with van der Waals surface area (Å²) in [6.07, 6.45) is 0.108. The first-order valence-electron chi connectivity index (χ1n) is 4.89. The Hall–Kier alpha value is -0.770. The summed E-state index contributed by atoms with van der Waals surface area (Å²) in [6, 6.07) is 2.33. The van der Waals surface area contributed by atoms with Crippen molar-refractivity contribution in [3.05, 3.63) is 33.8 Å². The van der Waals surface area contributed by atoms with Crippen LogP contribution in [0.2, 0.25) is 0 Å². The lowest BCUT2D eigenvalue weighted by Crippen LogP contribution is -2.15. The molecule has 1 aromatic carbocycles. The van der Waals surface area contributed by atoms with Gasteiger partial charge in [0.05, 0.1) is 10.0 Å². The van der Waals surface area contributed by atoms with Gasteiger partial charge in [-0.3, -0.25) is 4.79 Å². The predicted molar refractivity (Wildman–Crippen MR) is 62.5 cm³/mol. The molecular formula is C12H13BrF2O. The number of carbonyl (C=O) groups is 1. The second-order valence-corrected chi connectivity index (χ2v) is 5.73. The van der Waals surface area contributed by atoms with Crippen LogP contribution in [0.5, 0.6) is 0 Å². The van der Waals surface area contributed by atoms with Gasteiger partial charge in [-0.15, -0.1) is 0 Å². The van der Waals surface area contributed by atoms with E-state index in [1.165, 1.54) is 6.07 Å². The van der Waals surface area contributed by atoms with E-state index in [0.717, 1.165) is 6.07 Å². The molecule has 88 valence electrons. The first-order valence-corrected chi connectivity index (χ1v) is 5.68. The molecule has 0 bridgehead atoms. The standard InChI is InChI=1S/C12H13BrF2O/c1-12(2,3)6-9(16)10-8(14)5-4-7(13)11(10)15/h4-5H,6H2,1-3H3. The van der Waals surface area contributed by atoms with Crippen molar-refractivity contribution < 1.29 is 13.6 Å². The summed E-state index contributed by atoms with van der Waals surface area (Å²) in [6.45, 7) is 5.54. The van der Waals surface area contributed by atoms with Crippen LogP contribution in [0.1, 0.15) is 37.6 Å². The summed E-state index contributed by atoms with van der Waals surface area (Å²) >= 11 is 2.93. The molecule has 0 spiro atoms. The predicted octanol–water partition coefficient (Wildman–Crippen LogP) is 4.35. The van der Waals surface area contributed by atoms with Crippen LogP contribution in [-0.4, -0.2) is 5.78 Å². The van der Waals surface area contributed by atoms with E-state index in [9.17, 15) is 13.6 Å². The highest BCUT2D eigenvalue weighted by Gasteiger charge is 2.24. The molecule has 0 aromatic heterocycles. The number of benzene rings is 1. The monoisotopic (exact) mass is 290 g/mol. The molecule has 0 aliphatic carbocycles. The van der Waals surface area contributed by atoms with Gasteiger partial charge in [0.2, 0.25) is 0 Å². The topological polar surface area (TPSA) is 17.1 Å². The molecule has 0 fully saturated rings. The average Bonchev–Trinajstić information content (AvgIpc) is 2.09. The largest absolute Gasteiger partial charge is 0.294 e. The number of ketones is 1. The molecule has 0 amide bonds. The van der Waals surface area contributed by atoms with Crippen LogP contribution < -0.4 is 0 Å². The van der Waals surface area contributed by atoms with E-state index in [0.29, 0.717) is 0 Å². The third-order valence-electron chi connectivity index (χ3n) is 2.01. The fourth-order valence-corrected chi connectivity index (χ4v) is 1.68. The minimum Gasteiger partial charge on any atom is -0.294 e. The number of carbonyl (C=O) groups excluding carboxylic acids is 1. The highest BCUT2D eigenvalue weighted by atomic mass is 79.9. The van der Waals surface area contributed by atoms with E-state index in [2.05, 4.69) is 15.9 Å². The van der Waals surface area contributed by atoms with Gasteiger partial charge < -0.3 is 0 Å². The van der Waals surface area contributed by atoms with Gasteiger partial charge in [-0.25, -0.2) is 8.78 Å². The number of halogens is 3. The smallest absolute Gasteiger partial charge is 0.169 e. The van der Waals surface area contributed by atoms with Crippen molar-refractivity contribution in [1.29, 1.82) is 0 Å². The lowest BCUT2D eigenvalue weighted by atomic mass is 9.87. The summed E-state index contributed by atoms with van der Waals surface area (Å²) in [7, 11) is 0. The number of rotatable bonds is 2. The van der Waals surface area contributed by atoms with Crippen molar-refractivity contribution in [2.45, 2.75) is 27.2 Å². The zero-order valence-corrected chi connectivity index (χ0v) is 11.0. The van der Waals surface area contributed by atoms with Gasteiger partial charge in [-0.1, -0.05) is 20.8 Å². The molecule has 0 aliphatic heterocycles. The van der Waals surface area contributed by atoms with E-state index < -0.39 is 23.0 Å². The van der Waals surface area contributed by atoms with Crippen LogP contribution >= 0.6 is 15.9 Å². The minimum atomic E-state index is -0.825. The molecule has 1 rings (SSSR count). The van der Waals surface area contributed by atoms with E-state index in [1.54, 1.807) is 0 Å².